The molecule has 0 spiro atoms. The average molecular weight is 575 g/mol. The van der Waals surface area contributed by atoms with Crippen molar-refractivity contribution >= 4 is 40.0 Å². The maximum atomic E-state index is 15.0. The first-order valence-corrected chi connectivity index (χ1v) is 13.7. The van der Waals surface area contributed by atoms with E-state index in [2.05, 4.69) is 42.3 Å². The van der Waals surface area contributed by atoms with Crippen LogP contribution in [0.25, 0.3) is 33.5 Å². The number of aryl methyl sites for hydroxylation is 2. The van der Waals surface area contributed by atoms with Gasteiger partial charge in [0.1, 0.15) is 11.5 Å². The standard InChI is InChI=1S/C29H28ClFN8O2/c1-4-39-27-19(13-22(28(39)40)21-7-5-18(14-23(21)30)26-33-17(2)41-36-26)16-32-29(35-27)34-20-6-8-25(24(31)15-20)38-11-9-37(3)10-12-38/h5-8,13-16H,4,9-12H2,1-3H3,(H,32,34,35). The molecule has 0 radical (unpaired) electrons. The van der Waals surface area contributed by atoms with Crippen LogP contribution in [0, 0.1) is 12.7 Å². The molecule has 6 rings (SSSR count). The lowest BCUT2D eigenvalue weighted by molar-refractivity contribution is 0.311. The average Bonchev–Trinajstić information content (AvgIpc) is 3.40. The summed E-state index contributed by atoms with van der Waals surface area (Å²) >= 11 is 6.62. The number of hydrogen-bond acceptors (Lipinski definition) is 9. The fourth-order valence-electron chi connectivity index (χ4n) is 5.01. The summed E-state index contributed by atoms with van der Waals surface area (Å²) in [5.41, 5.74) is 2.99. The van der Waals surface area contributed by atoms with E-state index >= 15 is 4.39 Å². The number of rotatable bonds is 6. The Hall–Kier alpha value is -4.35. The number of nitrogens with zero attached hydrogens (tertiary/aromatic N) is 7. The van der Waals surface area contributed by atoms with E-state index in [1.54, 1.807) is 48.0 Å². The Labute approximate surface area is 240 Å². The SMILES string of the molecule is CCn1c(=O)c(-c2ccc(-c3noc(C)n3)cc2Cl)cc2cnc(Nc3ccc(N4CCN(C)CC4)c(F)c3)nc21. The van der Waals surface area contributed by atoms with E-state index in [9.17, 15) is 4.79 Å². The van der Waals surface area contributed by atoms with Crippen LogP contribution in [0.5, 0.6) is 0 Å². The number of anilines is 3. The van der Waals surface area contributed by atoms with Crippen molar-refractivity contribution in [1.29, 1.82) is 0 Å². The minimum Gasteiger partial charge on any atom is -0.367 e. The van der Waals surface area contributed by atoms with Gasteiger partial charge >= 0.3 is 0 Å². The molecule has 1 aliphatic heterocycles. The fraction of sp³-hybridized carbons (Fsp3) is 0.276. The quantitative estimate of drug-likeness (QED) is 0.295. The number of piperazine rings is 1. The summed E-state index contributed by atoms with van der Waals surface area (Å²) < 4.78 is 21.6. The van der Waals surface area contributed by atoms with E-state index in [0.717, 1.165) is 26.2 Å². The highest BCUT2D eigenvalue weighted by atomic mass is 35.5. The Balaban J connectivity index is 1.30. The molecule has 210 valence electrons. The van der Waals surface area contributed by atoms with Crippen LogP contribution in [-0.4, -0.2) is 62.8 Å². The zero-order chi connectivity index (χ0) is 28.7. The number of likely N-dealkylation sites (N-methyl/N-ethyl adjacent to an activating group) is 1. The van der Waals surface area contributed by atoms with Gasteiger partial charge in [0, 0.05) is 78.6 Å². The normalized spacial score (nSPS) is 14.1. The van der Waals surface area contributed by atoms with Crippen molar-refractivity contribution < 1.29 is 8.91 Å². The topological polar surface area (TPSA) is 105 Å². The van der Waals surface area contributed by atoms with E-state index in [4.69, 9.17) is 16.1 Å². The molecule has 10 nitrogen and oxygen atoms in total. The molecule has 1 fully saturated rings. The Morgan fingerprint density at radius 1 is 1.05 bits per heavy atom. The van der Waals surface area contributed by atoms with Gasteiger partial charge in [-0.15, -0.1) is 0 Å². The first-order valence-electron chi connectivity index (χ1n) is 13.3. The molecule has 0 aliphatic carbocycles. The molecule has 0 bridgehead atoms. The summed E-state index contributed by atoms with van der Waals surface area (Å²) in [6, 6.07) is 12.0. The molecule has 0 atom stereocenters. The van der Waals surface area contributed by atoms with E-state index in [-0.39, 0.29) is 17.3 Å². The zero-order valence-electron chi connectivity index (χ0n) is 22.9. The van der Waals surface area contributed by atoms with Gasteiger partial charge in [-0.3, -0.25) is 9.36 Å². The van der Waals surface area contributed by atoms with Gasteiger partial charge in [0.05, 0.1) is 5.69 Å². The van der Waals surface area contributed by atoms with Gasteiger partial charge in [0.15, 0.2) is 0 Å². The van der Waals surface area contributed by atoms with Gasteiger partial charge in [0.2, 0.25) is 17.7 Å². The summed E-state index contributed by atoms with van der Waals surface area (Å²) in [5, 5.41) is 8.05. The first-order chi connectivity index (χ1) is 19.8. The lowest BCUT2D eigenvalue weighted by Gasteiger charge is -2.34. The van der Waals surface area contributed by atoms with Gasteiger partial charge in [-0.25, -0.2) is 9.37 Å². The van der Waals surface area contributed by atoms with Gasteiger partial charge < -0.3 is 19.6 Å². The minimum atomic E-state index is -0.312. The number of fused-ring (bicyclic) bond motifs is 1. The maximum absolute atomic E-state index is 15.0. The monoisotopic (exact) mass is 574 g/mol. The molecule has 4 heterocycles. The molecule has 5 aromatic rings. The molecular formula is C29H28ClFN8O2. The predicted octanol–water partition coefficient (Wildman–Crippen LogP) is 5.12. The molecule has 41 heavy (non-hydrogen) atoms. The van der Waals surface area contributed by atoms with Crippen molar-refractivity contribution in [1.82, 2.24) is 29.6 Å². The Bertz CT molecular complexity index is 1810. The second-order valence-electron chi connectivity index (χ2n) is 9.99. The van der Waals surface area contributed by atoms with E-state index in [1.165, 1.54) is 6.07 Å². The van der Waals surface area contributed by atoms with Gasteiger partial charge in [-0.1, -0.05) is 28.9 Å². The highest BCUT2D eigenvalue weighted by Crippen LogP contribution is 2.32. The van der Waals surface area contributed by atoms with Crippen molar-refractivity contribution in [3.8, 4) is 22.5 Å². The molecule has 0 unspecified atom stereocenters. The number of benzene rings is 2. The Morgan fingerprint density at radius 3 is 2.54 bits per heavy atom. The van der Waals surface area contributed by atoms with Crippen molar-refractivity contribution in [2.75, 3.05) is 43.4 Å². The highest BCUT2D eigenvalue weighted by Gasteiger charge is 2.19. The molecular weight excluding hydrogens is 547 g/mol. The maximum Gasteiger partial charge on any atom is 0.260 e. The third-order valence-electron chi connectivity index (χ3n) is 7.24. The highest BCUT2D eigenvalue weighted by molar-refractivity contribution is 6.33. The van der Waals surface area contributed by atoms with Crippen LogP contribution >= 0.6 is 11.6 Å². The second kappa shape index (κ2) is 10.9. The molecule has 0 saturated carbocycles. The lowest BCUT2D eigenvalue weighted by Crippen LogP contribution is -2.44. The number of nitrogens with one attached hydrogen (secondary N) is 1. The molecule has 2 aromatic carbocycles. The summed E-state index contributed by atoms with van der Waals surface area (Å²) in [5.74, 6) is 0.814. The van der Waals surface area contributed by atoms with Crippen LogP contribution < -0.4 is 15.8 Å². The molecule has 1 aliphatic rings. The van der Waals surface area contributed by atoms with E-state index in [0.29, 0.717) is 62.4 Å². The number of halogens is 2. The number of pyridine rings is 1. The summed E-state index contributed by atoms with van der Waals surface area (Å²) in [6.07, 6.45) is 1.64. The van der Waals surface area contributed by atoms with Crippen molar-refractivity contribution in [2.24, 2.45) is 0 Å². The fourth-order valence-corrected chi connectivity index (χ4v) is 5.29. The van der Waals surface area contributed by atoms with Crippen LogP contribution in [-0.2, 0) is 6.54 Å². The number of hydrogen-bond donors (Lipinski definition) is 1. The molecule has 1 N–H and O–H groups in total. The van der Waals surface area contributed by atoms with Crippen LogP contribution in [0.2, 0.25) is 5.02 Å². The van der Waals surface area contributed by atoms with Crippen LogP contribution in [0.15, 0.2) is 58.0 Å². The zero-order valence-corrected chi connectivity index (χ0v) is 23.6. The Kier molecular flexibility index (Phi) is 7.14. The van der Waals surface area contributed by atoms with Crippen LogP contribution in [0.3, 0.4) is 0 Å². The van der Waals surface area contributed by atoms with Crippen molar-refractivity contribution in [2.45, 2.75) is 20.4 Å². The Morgan fingerprint density at radius 2 is 1.85 bits per heavy atom. The summed E-state index contributed by atoms with van der Waals surface area (Å²) in [6.45, 7) is 7.30. The van der Waals surface area contributed by atoms with Crippen LogP contribution in [0.1, 0.15) is 12.8 Å². The second-order valence-corrected chi connectivity index (χ2v) is 10.4. The smallest absolute Gasteiger partial charge is 0.260 e. The van der Waals surface area contributed by atoms with Crippen molar-refractivity contribution in [3.05, 3.63) is 75.7 Å². The van der Waals surface area contributed by atoms with Gasteiger partial charge in [-0.05, 0) is 44.3 Å². The third kappa shape index (κ3) is 5.25. The lowest BCUT2D eigenvalue weighted by atomic mass is 10.0. The summed E-state index contributed by atoms with van der Waals surface area (Å²) in [4.78, 5) is 31.1. The van der Waals surface area contributed by atoms with E-state index in [1.807, 2.05) is 13.0 Å². The molecule has 12 heteroatoms. The largest absolute Gasteiger partial charge is 0.367 e. The van der Waals surface area contributed by atoms with E-state index < -0.39 is 0 Å². The van der Waals surface area contributed by atoms with Crippen LogP contribution in [0.4, 0.5) is 21.7 Å². The molecule has 1 saturated heterocycles. The van der Waals surface area contributed by atoms with Gasteiger partial charge in [-0.2, -0.15) is 9.97 Å². The first kappa shape index (κ1) is 26.9. The third-order valence-corrected chi connectivity index (χ3v) is 7.55. The number of aromatic nitrogens is 5. The minimum absolute atomic E-state index is 0.239. The summed E-state index contributed by atoms with van der Waals surface area (Å²) in [7, 11) is 2.06. The molecule has 3 aromatic heterocycles. The molecule has 0 amide bonds. The van der Waals surface area contributed by atoms with Crippen molar-refractivity contribution in [3.63, 3.8) is 0 Å². The van der Waals surface area contributed by atoms with Gasteiger partial charge in [0.25, 0.3) is 5.56 Å². The predicted molar refractivity (Wildman–Crippen MR) is 157 cm³/mol.